The van der Waals surface area contributed by atoms with E-state index in [2.05, 4.69) is 54.0 Å². The molecule has 3 N–H and O–H groups in total. The number of aryl methyl sites for hydroxylation is 1. The first-order chi connectivity index (χ1) is 10.1. The highest BCUT2D eigenvalue weighted by Gasteiger charge is 2.23. The Labute approximate surface area is 126 Å². The Bertz CT molecular complexity index is 578. The molecule has 110 valence electrons. The van der Waals surface area contributed by atoms with Crippen LogP contribution in [0, 0.1) is 6.92 Å². The Hall–Kier alpha value is -2.13. The zero-order valence-corrected chi connectivity index (χ0v) is 12.8. The van der Waals surface area contributed by atoms with Gasteiger partial charge in [-0.25, -0.2) is 0 Å². The first-order valence-corrected chi connectivity index (χ1v) is 7.30. The number of nitrogens with one attached hydrogen (secondary N) is 1. The first-order valence-electron chi connectivity index (χ1n) is 7.30. The Balaban J connectivity index is 2.31. The predicted octanol–water partition coefficient (Wildman–Crippen LogP) is 1.78. The van der Waals surface area contributed by atoms with Crippen LogP contribution in [-0.4, -0.2) is 19.0 Å². The predicted molar refractivity (Wildman–Crippen MR) is 84.9 cm³/mol. The summed E-state index contributed by atoms with van der Waals surface area (Å²) in [7, 11) is 1.68. The number of hydrogen-bond acceptors (Lipinski definition) is 1. The fourth-order valence-electron chi connectivity index (χ4n) is 2.45. The van der Waals surface area contributed by atoms with Gasteiger partial charge in [0.2, 0.25) is 0 Å². The lowest BCUT2D eigenvalue weighted by Crippen LogP contribution is -2.92. The number of quaternary nitrogens is 1. The van der Waals surface area contributed by atoms with E-state index >= 15 is 0 Å². The Morgan fingerprint density at radius 3 is 2.14 bits per heavy atom. The maximum Gasteiger partial charge on any atom is 0.277 e. The number of benzene rings is 2. The molecule has 21 heavy (non-hydrogen) atoms. The smallest absolute Gasteiger partial charge is 0.277 e. The van der Waals surface area contributed by atoms with Crippen LogP contribution in [-0.2, 0) is 4.79 Å². The van der Waals surface area contributed by atoms with E-state index in [-0.39, 0.29) is 18.0 Å². The van der Waals surface area contributed by atoms with Crippen LogP contribution in [0.4, 0.5) is 0 Å². The van der Waals surface area contributed by atoms with E-state index in [9.17, 15) is 4.79 Å². The summed E-state index contributed by atoms with van der Waals surface area (Å²) in [6.45, 7) is 4.02. The van der Waals surface area contributed by atoms with E-state index in [4.69, 9.17) is 0 Å². The van der Waals surface area contributed by atoms with Crippen molar-refractivity contribution in [1.82, 2.24) is 5.32 Å². The fraction of sp³-hybridized carbons (Fsp3) is 0.278. The molecular weight excluding hydrogens is 260 g/mol. The van der Waals surface area contributed by atoms with Crippen molar-refractivity contribution in [1.29, 1.82) is 0 Å². The molecule has 0 aliphatic carbocycles. The van der Waals surface area contributed by atoms with Crippen molar-refractivity contribution in [3.63, 3.8) is 0 Å². The molecular formula is C18H23N2O+. The molecule has 0 aliphatic rings. The minimum atomic E-state index is -0.137. The highest BCUT2D eigenvalue weighted by Crippen LogP contribution is 2.18. The zero-order valence-electron chi connectivity index (χ0n) is 12.8. The normalized spacial score (nSPS) is 13.5. The average Bonchev–Trinajstić information content (AvgIpc) is 2.53. The van der Waals surface area contributed by atoms with Gasteiger partial charge in [-0.15, -0.1) is 0 Å². The Morgan fingerprint density at radius 2 is 1.57 bits per heavy atom. The summed E-state index contributed by atoms with van der Waals surface area (Å²) in [5.41, 5.74) is 3.66. The quantitative estimate of drug-likeness (QED) is 0.863. The third-order valence-electron chi connectivity index (χ3n) is 3.74. The maximum absolute atomic E-state index is 11.8. The van der Waals surface area contributed by atoms with E-state index in [1.807, 2.05) is 25.1 Å². The van der Waals surface area contributed by atoms with Crippen LogP contribution in [0.5, 0.6) is 0 Å². The van der Waals surface area contributed by atoms with Crippen molar-refractivity contribution < 1.29 is 10.1 Å². The lowest BCUT2D eigenvalue weighted by Gasteiger charge is -2.20. The SMILES string of the molecule is CNC(=O)[C@H](C)[NH2+][C@@H](c1ccccc1)c1ccc(C)cc1. The third-order valence-corrected chi connectivity index (χ3v) is 3.74. The topological polar surface area (TPSA) is 45.7 Å². The van der Waals surface area contributed by atoms with E-state index in [1.165, 1.54) is 16.7 Å². The van der Waals surface area contributed by atoms with Crippen molar-refractivity contribution in [3.05, 3.63) is 71.3 Å². The second-order valence-electron chi connectivity index (χ2n) is 5.39. The van der Waals surface area contributed by atoms with Crippen LogP contribution in [0.25, 0.3) is 0 Å². The lowest BCUT2D eigenvalue weighted by atomic mass is 9.97. The molecule has 3 nitrogen and oxygen atoms in total. The van der Waals surface area contributed by atoms with E-state index in [1.54, 1.807) is 7.05 Å². The molecule has 2 rings (SSSR count). The number of hydrogen-bond donors (Lipinski definition) is 2. The van der Waals surface area contributed by atoms with Gasteiger partial charge in [0, 0.05) is 18.2 Å². The molecule has 0 radical (unpaired) electrons. The molecule has 0 spiro atoms. The summed E-state index contributed by atoms with van der Waals surface area (Å²) in [5.74, 6) is 0.0445. The molecule has 0 bridgehead atoms. The standard InChI is InChI=1S/C18H22N2O/c1-13-9-11-16(12-10-13)17(15-7-5-4-6-8-15)20-14(2)18(21)19-3/h4-12,14,17,20H,1-3H3,(H,19,21)/p+1/t14-,17-/m0/s1. The second kappa shape index (κ2) is 7.04. The van der Waals surface area contributed by atoms with Gasteiger partial charge in [-0.1, -0.05) is 60.2 Å². The second-order valence-corrected chi connectivity index (χ2v) is 5.39. The highest BCUT2D eigenvalue weighted by atomic mass is 16.2. The molecule has 0 saturated carbocycles. The number of nitrogens with two attached hydrogens (primary N) is 1. The van der Waals surface area contributed by atoms with Gasteiger partial charge in [-0.2, -0.15) is 0 Å². The number of likely N-dealkylation sites (N-methyl/N-ethyl adjacent to an activating group) is 1. The van der Waals surface area contributed by atoms with Gasteiger partial charge in [0.15, 0.2) is 6.04 Å². The molecule has 0 aromatic heterocycles. The summed E-state index contributed by atoms with van der Waals surface area (Å²) < 4.78 is 0. The summed E-state index contributed by atoms with van der Waals surface area (Å²) >= 11 is 0. The van der Waals surface area contributed by atoms with E-state index in [0.717, 1.165) is 0 Å². The monoisotopic (exact) mass is 283 g/mol. The Morgan fingerprint density at radius 1 is 1.00 bits per heavy atom. The summed E-state index contributed by atoms with van der Waals surface area (Å²) in [6.07, 6.45) is 0. The number of rotatable bonds is 5. The average molecular weight is 283 g/mol. The molecule has 0 aliphatic heterocycles. The lowest BCUT2D eigenvalue weighted by molar-refractivity contribution is -0.704. The molecule has 0 fully saturated rings. The number of amides is 1. The molecule has 3 heteroatoms. The third kappa shape index (κ3) is 3.92. The molecule has 0 heterocycles. The molecule has 2 aromatic carbocycles. The molecule has 2 atom stereocenters. The number of carbonyl (C=O) groups excluding carboxylic acids is 1. The molecule has 0 unspecified atom stereocenters. The summed E-state index contributed by atoms with van der Waals surface area (Å²) in [4.78, 5) is 11.8. The van der Waals surface area contributed by atoms with Gasteiger partial charge < -0.3 is 10.6 Å². The molecule has 0 saturated heterocycles. The molecule has 1 amide bonds. The Kier molecular flexibility index (Phi) is 5.12. The van der Waals surface area contributed by atoms with Crippen molar-refractivity contribution in [2.24, 2.45) is 0 Å². The summed E-state index contributed by atoms with van der Waals surface area (Å²) in [5, 5.41) is 4.82. The van der Waals surface area contributed by atoms with Gasteiger partial charge in [-0.05, 0) is 13.8 Å². The van der Waals surface area contributed by atoms with Crippen molar-refractivity contribution in [2.45, 2.75) is 25.9 Å². The van der Waals surface area contributed by atoms with Crippen molar-refractivity contribution >= 4 is 5.91 Å². The fourth-order valence-corrected chi connectivity index (χ4v) is 2.45. The molecule has 2 aromatic rings. The minimum Gasteiger partial charge on any atom is -0.354 e. The van der Waals surface area contributed by atoms with Gasteiger partial charge in [-0.3, -0.25) is 4.79 Å². The van der Waals surface area contributed by atoms with Crippen LogP contribution in [0.1, 0.15) is 29.7 Å². The highest BCUT2D eigenvalue weighted by molar-refractivity contribution is 5.79. The van der Waals surface area contributed by atoms with Crippen LogP contribution >= 0.6 is 0 Å². The van der Waals surface area contributed by atoms with Crippen LogP contribution in [0.3, 0.4) is 0 Å². The number of carbonyl (C=O) groups is 1. The maximum atomic E-state index is 11.8. The van der Waals surface area contributed by atoms with Gasteiger partial charge in [0.1, 0.15) is 6.04 Å². The first kappa shape index (κ1) is 15.3. The largest absolute Gasteiger partial charge is 0.354 e. The van der Waals surface area contributed by atoms with Crippen LogP contribution < -0.4 is 10.6 Å². The van der Waals surface area contributed by atoms with Gasteiger partial charge in [0.05, 0.1) is 0 Å². The summed E-state index contributed by atoms with van der Waals surface area (Å²) in [6, 6.07) is 18.8. The van der Waals surface area contributed by atoms with E-state index < -0.39 is 0 Å². The van der Waals surface area contributed by atoms with Crippen molar-refractivity contribution in [3.8, 4) is 0 Å². The minimum absolute atomic E-state index is 0.0445. The van der Waals surface area contributed by atoms with Crippen LogP contribution in [0.15, 0.2) is 54.6 Å². The zero-order chi connectivity index (χ0) is 15.2. The van der Waals surface area contributed by atoms with E-state index in [0.29, 0.717) is 0 Å². The van der Waals surface area contributed by atoms with Gasteiger partial charge in [0.25, 0.3) is 5.91 Å². The van der Waals surface area contributed by atoms with Crippen LogP contribution in [0.2, 0.25) is 0 Å². The van der Waals surface area contributed by atoms with Crippen molar-refractivity contribution in [2.75, 3.05) is 7.05 Å². The van der Waals surface area contributed by atoms with Gasteiger partial charge >= 0.3 is 0 Å².